The van der Waals surface area contributed by atoms with Crippen LogP contribution in [0, 0.1) is 13.8 Å². The monoisotopic (exact) mass is 602 g/mol. The first-order valence-corrected chi connectivity index (χ1v) is 13.2. The number of alkyl halides is 3. The van der Waals surface area contributed by atoms with Gasteiger partial charge in [-0.1, -0.05) is 6.07 Å². The quantitative estimate of drug-likeness (QED) is 0.241. The van der Waals surface area contributed by atoms with Crippen LogP contribution in [0.4, 0.5) is 30.4 Å². The van der Waals surface area contributed by atoms with Crippen molar-refractivity contribution in [2.45, 2.75) is 26.6 Å². The minimum Gasteiger partial charge on any atom is -0.483 e. The van der Waals surface area contributed by atoms with Gasteiger partial charge in [0.2, 0.25) is 0 Å². The summed E-state index contributed by atoms with van der Waals surface area (Å²) in [5.41, 5.74) is 4.39. The second-order valence-corrected chi connectivity index (χ2v) is 9.67. The molecular formula is C30H25F3N8O3. The molecule has 1 aromatic carbocycles. The van der Waals surface area contributed by atoms with Crippen LogP contribution >= 0.6 is 0 Å². The van der Waals surface area contributed by atoms with Crippen molar-refractivity contribution in [3.63, 3.8) is 0 Å². The van der Waals surface area contributed by atoms with E-state index in [0.717, 1.165) is 57.9 Å². The van der Waals surface area contributed by atoms with Crippen LogP contribution in [0.3, 0.4) is 0 Å². The molecule has 14 heteroatoms. The van der Waals surface area contributed by atoms with E-state index < -0.39 is 17.6 Å². The van der Waals surface area contributed by atoms with E-state index in [-0.39, 0.29) is 12.2 Å². The SMILES string of the molecule is Cc1ccc(NC(=O)c2cc(C(F)(F)F)ccn2)cc1-c1cc2cnc(=Nc3cccnc3C)nc-2n2c1NCC2.O=CO. The molecular weight excluding hydrogens is 577 g/mol. The van der Waals surface area contributed by atoms with E-state index in [1.807, 2.05) is 38.1 Å². The molecule has 0 aliphatic carbocycles. The lowest BCUT2D eigenvalue weighted by Gasteiger charge is -2.19. The first-order chi connectivity index (χ1) is 21.1. The molecule has 0 saturated carbocycles. The number of hydrogen-bond acceptors (Lipinski definition) is 8. The molecule has 6 rings (SSSR count). The average molecular weight is 603 g/mol. The number of carboxylic acid groups (broad SMARTS) is 1. The standard InChI is InChI=1S/C29H23F3N8O.CH2O2/c1-16-5-6-20(37-27(41)24-13-19(7-9-34-24)29(30,31)32)14-21(16)22-12-18-15-36-28(38-23-4-3-8-33-17(23)2)39-25(18)40-11-10-35-26(22)40;2-1-3/h3-9,12-15,35H,10-11H2,1-2H3,(H,37,41);1H,(H,2,3). The maximum atomic E-state index is 13.1. The summed E-state index contributed by atoms with van der Waals surface area (Å²) in [6.45, 7) is 4.94. The number of hydrogen-bond donors (Lipinski definition) is 3. The van der Waals surface area contributed by atoms with E-state index in [4.69, 9.17) is 14.9 Å². The number of carbonyl (C=O) groups excluding carboxylic acids is 1. The number of anilines is 2. The summed E-state index contributed by atoms with van der Waals surface area (Å²) >= 11 is 0. The van der Waals surface area contributed by atoms with Crippen molar-refractivity contribution < 1.29 is 27.9 Å². The van der Waals surface area contributed by atoms with Crippen LogP contribution in [0.25, 0.3) is 22.5 Å². The van der Waals surface area contributed by atoms with Crippen LogP contribution in [0.5, 0.6) is 0 Å². The van der Waals surface area contributed by atoms with Gasteiger partial charge in [-0.25, -0.2) is 9.98 Å². The average Bonchev–Trinajstić information content (AvgIpc) is 3.50. The summed E-state index contributed by atoms with van der Waals surface area (Å²) in [5, 5.41) is 13.0. The molecule has 0 spiro atoms. The molecule has 0 unspecified atom stereocenters. The van der Waals surface area contributed by atoms with Gasteiger partial charge in [0, 0.05) is 48.5 Å². The van der Waals surface area contributed by atoms with Crippen LogP contribution in [0.15, 0.2) is 72.1 Å². The number of nitrogens with zero attached hydrogens (tertiary/aromatic N) is 6. The van der Waals surface area contributed by atoms with Gasteiger partial charge in [-0.05, 0) is 67.4 Å². The van der Waals surface area contributed by atoms with Crippen molar-refractivity contribution in [3.8, 4) is 22.5 Å². The van der Waals surface area contributed by atoms with Gasteiger partial charge in [-0.3, -0.25) is 19.6 Å². The molecule has 0 radical (unpaired) electrons. The molecule has 44 heavy (non-hydrogen) atoms. The van der Waals surface area contributed by atoms with E-state index in [0.29, 0.717) is 30.1 Å². The minimum absolute atomic E-state index is 0.250. The van der Waals surface area contributed by atoms with Crippen molar-refractivity contribution in [2.24, 2.45) is 4.99 Å². The highest BCUT2D eigenvalue weighted by Gasteiger charge is 2.31. The number of carbonyl (C=O) groups is 2. The normalized spacial score (nSPS) is 12.6. The molecule has 1 amide bonds. The third-order valence-corrected chi connectivity index (χ3v) is 6.80. The van der Waals surface area contributed by atoms with Crippen LogP contribution < -0.4 is 16.3 Å². The number of pyridine rings is 3. The molecule has 0 bridgehead atoms. The molecule has 224 valence electrons. The summed E-state index contributed by atoms with van der Waals surface area (Å²) in [6.07, 6.45) is -0.178. The van der Waals surface area contributed by atoms with Gasteiger partial charge in [-0.15, -0.1) is 0 Å². The Labute approximate surface area is 248 Å². The number of fused-ring (bicyclic) bond motifs is 3. The number of aryl methyl sites for hydroxylation is 2. The zero-order chi connectivity index (χ0) is 31.4. The number of benzene rings is 1. The predicted molar refractivity (Wildman–Crippen MR) is 155 cm³/mol. The minimum atomic E-state index is -4.58. The van der Waals surface area contributed by atoms with Crippen molar-refractivity contribution >= 4 is 29.6 Å². The molecule has 5 heterocycles. The number of halogens is 3. The van der Waals surface area contributed by atoms with Gasteiger partial charge in [-0.2, -0.15) is 18.2 Å². The molecule has 2 aromatic heterocycles. The number of nitrogens with one attached hydrogen (secondary N) is 2. The summed E-state index contributed by atoms with van der Waals surface area (Å²) in [5.74, 6) is 0.836. The van der Waals surface area contributed by atoms with Gasteiger partial charge in [0.25, 0.3) is 18.0 Å². The molecule has 3 aliphatic heterocycles. The van der Waals surface area contributed by atoms with Crippen LogP contribution in [-0.2, 0) is 17.5 Å². The van der Waals surface area contributed by atoms with E-state index in [2.05, 4.69) is 35.1 Å². The summed E-state index contributed by atoms with van der Waals surface area (Å²) < 4.78 is 41.4. The van der Waals surface area contributed by atoms with Crippen LogP contribution in [0.2, 0.25) is 0 Å². The van der Waals surface area contributed by atoms with Crippen LogP contribution in [-0.4, -0.2) is 48.5 Å². The van der Waals surface area contributed by atoms with E-state index in [1.165, 1.54) is 0 Å². The smallest absolute Gasteiger partial charge is 0.416 e. The Bertz CT molecular complexity index is 1910. The fourth-order valence-electron chi connectivity index (χ4n) is 4.74. The summed E-state index contributed by atoms with van der Waals surface area (Å²) in [4.78, 5) is 43.0. The second-order valence-electron chi connectivity index (χ2n) is 9.67. The first-order valence-electron chi connectivity index (χ1n) is 13.2. The maximum Gasteiger partial charge on any atom is 0.416 e. The fraction of sp³-hybridized carbons (Fsp3) is 0.167. The third kappa shape index (κ3) is 6.23. The first kappa shape index (κ1) is 29.8. The zero-order valence-corrected chi connectivity index (χ0v) is 23.4. The Morgan fingerprint density at radius 3 is 2.61 bits per heavy atom. The van der Waals surface area contributed by atoms with Gasteiger partial charge < -0.3 is 20.3 Å². The van der Waals surface area contributed by atoms with Crippen molar-refractivity contribution in [2.75, 3.05) is 17.2 Å². The Kier molecular flexibility index (Phi) is 8.33. The van der Waals surface area contributed by atoms with Crippen molar-refractivity contribution in [3.05, 3.63) is 95.3 Å². The van der Waals surface area contributed by atoms with Gasteiger partial charge in [0.15, 0.2) is 0 Å². The van der Waals surface area contributed by atoms with E-state index in [9.17, 15) is 18.0 Å². The van der Waals surface area contributed by atoms with E-state index >= 15 is 0 Å². The summed E-state index contributed by atoms with van der Waals surface area (Å²) in [7, 11) is 0. The Morgan fingerprint density at radius 2 is 1.86 bits per heavy atom. The molecule has 3 aromatic rings. The number of amides is 1. The highest BCUT2D eigenvalue weighted by Crippen LogP contribution is 2.39. The fourth-order valence-corrected chi connectivity index (χ4v) is 4.74. The molecule has 11 nitrogen and oxygen atoms in total. The second kappa shape index (κ2) is 12.3. The lowest BCUT2D eigenvalue weighted by atomic mass is 9.98. The number of aromatic nitrogens is 5. The summed E-state index contributed by atoms with van der Waals surface area (Å²) in [6, 6.07) is 12.5. The van der Waals surface area contributed by atoms with Gasteiger partial charge in [0.05, 0.1) is 16.9 Å². The Hall–Kier alpha value is -5.66. The molecule has 3 aliphatic rings. The molecule has 0 atom stereocenters. The third-order valence-electron chi connectivity index (χ3n) is 6.80. The molecule has 0 fully saturated rings. The molecule has 3 N–H and O–H groups in total. The van der Waals surface area contributed by atoms with Gasteiger partial charge in [0.1, 0.15) is 17.3 Å². The van der Waals surface area contributed by atoms with Crippen molar-refractivity contribution in [1.82, 2.24) is 24.5 Å². The highest BCUT2D eigenvalue weighted by molar-refractivity contribution is 6.03. The van der Waals surface area contributed by atoms with Gasteiger partial charge >= 0.3 is 6.18 Å². The largest absolute Gasteiger partial charge is 0.483 e. The predicted octanol–water partition coefficient (Wildman–Crippen LogP) is 5.09. The molecule has 0 saturated heterocycles. The highest BCUT2D eigenvalue weighted by atomic mass is 19.4. The van der Waals surface area contributed by atoms with E-state index in [1.54, 1.807) is 24.5 Å². The Balaban J connectivity index is 0.00000123. The zero-order valence-electron chi connectivity index (χ0n) is 23.4. The number of rotatable bonds is 4. The topological polar surface area (TPSA) is 147 Å². The van der Waals surface area contributed by atoms with Crippen molar-refractivity contribution in [1.29, 1.82) is 0 Å². The Morgan fingerprint density at radius 1 is 1.07 bits per heavy atom. The lowest BCUT2D eigenvalue weighted by Crippen LogP contribution is -2.17. The maximum absolute atomic E-state index is 13.1. The lowest BCUT2D eigenvalue weighted by molar-refractivity contribution is -0.137. The van der Waals surface area contributed by atoms with Crippen LogP contribution in [0.1, 0.15) is 27.3 Å².